The van der Waals surface area contributed by atoms with Gasteiger partial charge in [-0.25, -0.2) is 0 Å². The fraction of sp³-hybridized carbons (Fsp3) is 0.786. The molecular formula is C14H22N2O4. The first-order chi connectivity index (χ1) is 9.52. The molecule has 112 valence electrons. The van der Waals surface area contributed by atoms with E-state index >= 15 is 0 Å². The van der Waals surface area contributed by atoms with Crippen LogP contribution in [0.4, 0.5) is 0 Å². The van der Waals surface area contributed by atoms with Crippen LogP contribution in [0.15, 0.2) is 0 Å². The summed E-state index contributed by atoms with van der Waals surface area (Å²) in [4.78, 5) is 38.8. The van der Waals surface area contributed by atoms with Crippen molar-refractivity contribution in [3.8, 4) is 0 Å². The highest BCUT2D eigenvalue weighted by Gasteiger charge is 2.36. The first kappa shape index (κ1) is 14.8. The van der Waals surface area contributed by atoms with E-state index < -0.39 is 0 Å². The standard InChI is InChI=1S/C14H22N2O4/c1-3-20-14(19)10-4-6-16(7-5-10)13(18)11-8-12(17)15(2)9-11/h10-11H,3-9H2,1-2H3. The summed E-state index contributed by atoms with van der Waals surface area (Å²) in [5.74, 6) is -0.385. The van der Waals surface area contributed by atoms with Crippen LogP contribution in [0.3, 0.4) is 0 Å². The van der Waals surface area contributed by atoms with Gasteiger partial charge < -0.3 is 14.5 Å². The molecule has 1 atom stereocenters. The lowest BCUT2D eigenvalue weighted by Crippen LogP contribution is -2.43. The number of hydrogen-bond donors (Lipinski definition) is 0. The highest BCUT2D eigenvalue weighted by atomic mass is 16.5. The number of hydrogen-bond acceptors (Lipinski definition) is 4. The molecule has 0 aromatic heterocycles. The number of amides is 2. The monoisotopic (exact) mass is 282 g/mol. The second kappa shape index (κ2) is 6.24. The van der Waals surface area contributed by atoms with E-state index in [2.05, 4.69) is 0 Å². The molecule has 2 fully saturated rings. The number of rotatable bonds is 3. The Kier molecular flexibility index (Phi) is 4.62. The fourth-order valence-electron chi connectivity index (χ4n) is 2.88. The van der Waals surface area contributed by atoms with Crippen molar-refractivity contribution in [1.29, 1.82) is 0 Å². The first-order valence-corrected chi connectivity index (χ1v) is 7.22. The molecule has 0 saturated carbocycles. The second-order valence-electron chi connectivity index (χ2n) is 5.53. The molecule has 0 aliphatic carbocycles. The largest absolute Gasteiger partial charge is 0.466 e. The number of piperidine rings is 1. The molecule has 2 aliphatic rings. The van der Waals surface area contributed by atoms with Crippen LogP contribution >= 0.6 is 0 Å². The summed E-state index contributed by atoms with van der Waals surface area (Å²) in [6.07, 6.45) is 1.62. The Labute approximate surface area is 119 Å². The Balaban J connectivity index is 1.83. The smallest absolute Gasteiger partial charge is 0.309 e. The summed E-state index contributed by atoms with van der Waals surface area (Å²) in [5, 5.41) is 0. The average Bonchev–Trinajstić information content (AvgIpc) is 2.78. The van der Waals surface area contributed by atoms with Crippen LogP contribution in [0.1, 0.15) is 26.2 Å². The minimum atomic E-state index is -0.216. The van der Waals surface area contributed by atoms with Crippen LogP contribution in [-0.4, -0.2) is 60.9 Å². The van der Waals surface area contributed by atoms with Crippen molar-refractivity contribution >= 4 is 17.8 Å². The van der Waals surface area contributed by atoms with Gasteiger partial charge in [0.15, 0.2) is 0 Å². The third-order valence-electron chi connectivity index (χ3n) is 4.12. The third kappa shape index (κ3) is 3.11. The van der Waals surface area contributed by atoms with Crippen LogP contribution in [0.5, 0.6) is 0 Å². The van der Waals surface area contributed by atoms with Gasteiger partial charge in [-0.3, -0.25) is 14.4 Å². The first-order valence-electron chi connectivity index (χ1n) is 7.22. The van der Waals surface area contributed by atoms with E-state index in [1.165, 1.54) is 0 Å². The molecule has 6 heteroatoms. The zero-order valence-electron chi connectivity index (χ0n) is 12.1. The zero-order chi connectivity index (χ0) is 14.7. The van der Waals surface area contributed by atoms with Crippen molar-refractivity contribution in [2.75, 3.05) is 33.3 Å². The van der Waals surface area contributed by atoms with Gasteiger partial charge in [-0.1, -0.05) is 0 Å². The van der Waals surface area contributed by atoms with Crippen molar-refractivity contribution in [2.24, 2.45) is 11.8 Å². The molecule has 2 saturated heterocycles. The Morgan fingerprint density at radius 2 is 1.90 bits per heavy atom. The Bertz CT molecular complexity index is 402. The van der Waals surface area contributed by atoms with Gasteiger partial charge in [0.05, 0.1) is 18.4 Å². The molecule has 1 unspecified atom stereocenters. The fourth-order valence-corrected chi connectivity index (χ4v) is 2.88. The van der Waals surface area contributed by atoms with Crippen LogP contribution in [0.25, 0.3) is 0 Å². The Morgan fingerprint density at radius 1 is 1.25 bits per heavy atom. The van der Waals surface area contributed by atoms with Gasteiger partial charge in [-0.2, -0.15) is 0 Å². The summed E-state index contributed by atoms with van der Waals surface area (Å²) in [6.45, 7) is 3.86. The molecule has 0 spiro atoms. The van der Waals surface area contributed by atoms with Gasteiger partial charge in [-0.05, 0) is 19.8 Å². The normalized spacial score (nSPS) is 24.1. The van der Waals surface area contributed by atoms with Crippen LogP contribution in [0.2, 0.25) is 0 Å². The molecule has 0 radical (unpaired) electrons. The topological polar surface area (TPSA) is 66.9 Å². The molecular weight excluding hydrogens is 260 g/mol. The minimum Gasteiger partial charge on any atom is -0.466 e. The van der Waals surface area contributed by atoms with Crippen molar-refractivity contribution < 1.29 is 19.1 Å². The number of carbonyl (C=O) groups excluding carboxylic acids is 3. The van der Waals surface area contributed by atoms with Gasteiger partial charge in [0.25, 0.3) is 0 Å². The SMILES string of the molecule is CCOC(=O)C1CCN(C(=O)C2CC(=O)N(C)C2)CC1. The molecule has 0 aromatic carbocycles. The summed E-state index contributed by atoms with van der Waals surface area (Å²) in [5.41, 5.74) is 0. The molecule has 0 bridgehead atoms. The van der Waals surface area contributed by atoms with E-state index in [1.807, 2.05) is 0 Å². The average molecular weight is 282 g/mol. The van der Waals surface area contributed by atoms with Crippen LogP contribution in [-0.2, 0) is 19.1 Å². The molecule has 2 heterocycles. The summed E-state index contributed by atoms with van der Waals surface area (Å²) in [7, 11) is 1.72. The predicted octanol–water partition coefficient (Wildman–Crippen LogP) is 0.266. The van der Waals surface area contributed by atoms with Crippen molar-refractivity contribution in [3.63, 3.8) is 0 Å². The number of ether oxygens (including phenoxy) is 1. The lowest BCUT2D eigenvalue weighted by molar-refractivity contribution is -0.151. The predicted molar refractivity (Wildman–Crippen MR) is 71.7 cm³/mol. The molecule has 20 heavy (non-hydrogen) atoms. The van der Waals surface area contributed by atoms with Crippen molar-refractivity contribution in [2.45, 2.75) is 26.2 Å². The summed E-state index contributed by atoms with van der Waals surface area (Å²) < 4.78 is 5.01. The van der Waals surface area contributed by atoms with Gasteiger partial charge >= 0.3 is 5.97 Å². The Hall–Kier alpha value is -1.59. The maximum atomic E-state index is 12.3. The number of nitrogens with zero attached hydrogens (tertiary/aromatic N) is 2. The second-order valence-corrected chi connectivity index (χ2v) is 5.53. The van der Waals surface area contributed by atoms with Crippen LogP contribution < -0.4 is 0 Å². The van der Waals surface area contributed by atoms with E-state index in [9.17, 15) is 14.4 Å². The summed E-state index contributed by atoms with van der Waals surface area (Å²) in [6, 6.07) is 0. The zero-order valence-corrected chi connectivity index (χ0v) is 12.1. The maximum Gasteiger partial charge on any atom is 0.309 e. The minimum absolute atomic E-state index is 0.0322. The molecule has 2 aliphatic heterocycles. The molecule has 0 N–H and O–H groups in total. The number of carbonyl (C=O) groups is 3. The number of likely N-dealkylation sites (tertiary alicyclic amines) is 2. The van der Waals surface area contributed by atoms with E-state index in [-0.39, 0.29) is 29.6 Å². The molecule has 2 rings (SSSR count). The van der Waals surface area contributed by atoms with E-state index in [4.69, 9.17) is 4.74 Å². The van der Waals surface area contributed by atoms with E-state index in [0.29, 0.717) is 45.5 Å². The third-order valence-corrected chi connectivity index (χ3v) is 4.12. The van der Waals surface area contributed by atoms with Crippen LogP contribution in [0, 0.1) is 11.8 Å². The van der Waals surface area contributed by atoms with Gasteiger partial charge in [0.2, 0.25) is 11.8 Å². The summed E-state index contributed by atoms with van der Waals surface area (Å²) >= 11 is 0. The lowest BCUT2D eigenvalue weighted by atomic mass is 9.95. The van der Waals surface area contributed by atoms with E-state index in [0.717, 1.165) is 0 Å². The molecule has 2 amide bonds. The number of esters is 1. The maximum absolute atomic E-state index is 12.3. The lowest BCUT2D eigenvalue weighted by Gasteiger charge is -2.32. The van der Waals surface area contributed by atoms with Crippen molar-refractivity contribution in [3.05, 3.63) is 0 Å². The quantitative estimate of drug-likeness (QED) is 0.697. The molecule has 6 nitrogen and oxygen atoms in total. The Morgan fingerprint density at radius 3 is 2.40 bits per heavy atom. The highest BCUT2D eigenvalue weighted by Crippen LogP contribution is 2.23. The van der Waals surface area contributed by atoms with Gasteiger partial charge in [0.1, 0.15) is 0 Å². The van der Waals surface area contributed by atoms with E-state index in [1.54, 1.807) is 23.8 Å². The van der Waals surface area contributed by atoms with Crippen molar-refractivity contribution in [1.82, 2.24) is 9.80 Å². The van der Waals surface area contributed by atoms with Gasteiger partial charge in [0, 0.05) is 33.1 Å². The molecule has 0 aromatic rings. The highest BCUT2D eigenvalue weighted by molar-refractivity contribution is 5.89. The van der Waals surface area contributed by atoms with Gasteiger partial charge in [-0.15, -0.1) is 0 Å².